The number of carbonyl (C=O) groups excluding carboxylic acids is 3. The number of amides is 2. The zero-order valence-corrected chi connectivity index (χ0v) is 19.1. The Bertz CT molecular complexity index is 894. The summed E-state index contributed by atoms with van der Waals surface area (Å²) in [6.45, 7) is 2.62. The Kier molecular flexibility index (Phi) is 8.23. The molecule has 31 heavy (non-hydrogen) atoms. The molecule has 1 aliphatic rings. The number of nitrogens with one attached hydrogen (secondary N) is 1. The summed E-state index contributed by atoms with van der Waals surface area (Å²) in [5.74, 6) is -0.641. The van der Waals surface area contributed by atoms with Crippen molar-refractivity contribution in [2.24, 2.45) is 5.92 Å². The Morgan fingerprint density at radius 2 is 1.71 bits per heavy atom. The second-order valence-electron chi connectivity index (χ2n) is 7.78. The van der Waals surface area contributed by atoms with Gasteiger partial charge in [0.25, 0.3) is 11.8 Å². The van der Waals surface area contributed by atoms with E-state index in [1.165, 1.54) is 5.56 Å². The fraction of sp³-hybridized carbons (Fsp3) is 0.375. The summed E-state index contributed by atoms with van der Waals surface area (Å²) >= 11 is 3.31. The maximum atomic E-state index is 12.6. The van der Waals surface area contributed by atoms with Gasteiger partial charge < -0.3 is 15.0 Å². The van der Waals surface area contributed by atoms with Crippen molar-refractivity contribution in [3.63, 3.8) is 0 Å². The summed E-state index contributed by atoms with van der Waals surface area (Å²) in [5.41, 5.74) is 1.76. The van der Waals surface area contributed by atoms with Gasteiger partial charge in [-0.2, -0.15) is 0 Å². The van der Waals surface area contributed by atoms with Crippen molar-refractivity contribution in [3.8, 4) is 0 Å². The number of halogens is 1. The molecule has 2 amide bonds. The minimum Gasteiger partial charge on any atom is -0.451 e. The van der Waals surface area contributed by atoms with Crippen LogP contribution < -0.4 is 5.32 Å². The van der Waals surface area contributed by atoms with Crippen LogP contribution in [0.25, 0.3) is 0 Å². The van der Waals surface area contributed by atoms with E-state index < -0.39 is 12.1 Å². The zero-order chi connectivity index (χ0) is 22.2. The molecule has 1 saturated heterocycles. The Morgan fingerprint density at radius 3 is 2.35 bits per heavy atom. The molecular formula is C24H27BrN2O4. The van der Waals surface area contributed by atoms with Crippen LogP contribution in [0, 0.1) is 5.92 Å². The maximum absolute atomic E-state index is 12.6. The lowest BCUT2D eigenvalue weighted by Crippen LogP contribution is -2.45. The largest absolute Gasteiger partial charge is 0.451 e. The van der Waals surface area contributed by atoms with E-state index in [-0.39, 0.29) is 18.4 Å². The highest BCUT2D eigenvalue weighted by Crippen LogP contribution is 2.22. The molecule has 1 fully saturated rings. The molecule has 2 aromatic carbocycles. The molecule has 1 atom stereocenters. The van der Waals surface area contributed by atoms with E-state index in [0.29, 0.717) is 24.6 Å². The van der Waals surface area contributed by atoms with Crippen molar-refractivity contribution in [2.75, 3.05) is 19.6 Å². The Balaban J connectivity index is 1.39. The first-order chi connectivity index (χ1) is 14.9. The number of esters is 1. The number of carbonyl (C=O) groups is 3. The number of nitrogens with zero attached hydrogens (tertiary/aromatic N) is 1. The fourth-order valence-electron chi connectivity index (χ4n) is 3.71. The van der Waals surface area contributed by atoms with Gasteiger partial charge in [-0.25, -0.2) is 0 Å². The quantitative estimate of drug-likeness (QED) is 0.606. The topological polar surface area (TPSA) is 75.7 Å². The third-order valence-corrected chi connectivity index (χ3v) is 5.98. The third kappa shape index (κ3) is 6.92. The lowest BCUT2D eigenvalue weighted by atomic mass is 9.90. The molecule has 0 radical (unpaired) electrons. The van der Waals surface area contributed by atoms with Crippen LogP contribution in [-0.2, 0) is 20.7 Å². The fourth-order valence-corrected chi connectivity index (χ4v) is 3.97. The molecule has 164 valence electrons. The zero-order valence-electron chi connectivity index (χ0n) is 17.6. The van der Waals surface area contributed by atoms with Crippen molar-refractivity contribution in [1.82, 2.24) is 10.2 Å². The van der Waals surface area contributed by atoms with Crippen LogP contribution in [0.5, 0.6) is 0 Å². The predicted molar refractivity (Wildman–Crippen MR) is 121 cm³/mol. The van der Waals surface area contributed by atoms with Crippen LogP contribution in [0.3, 0.4) is 0 Å². The molecule has 7 heteroatoms. The van der Waals surface area contributed by atoms with E-state index in [0.717, 1.165) is 23.7 Å². The van der Waals surface area contributed by atoms with Crippen molar-refractivity contribution < 1.29 is 19.1 Å². The number of benzene rings is 2. The first-order valence-electron chi connectivity index (χ1n) is 10.5. The van der Waals surface area contributed by atoms with Gasteiger partial charge in [0.05, 0.1) is 0 Å². The molecule has 0 aromatic heterocycles. The Labute approximate surface area is 191 Å². The average Bonchev–Trinajstić information content (AvgIpc) is 2.78. The molecule has 1 heterocycles. The lowest BCUT2D eigenvalue weighted by Gasteiger charge is -2.33. The first kappa shape index (κ1) is 23.0. The van der Waals surface area contributed by atoms with Crippen LogP contribution in [0.1, 0.15) is 35.7 Å². The number of hydrogen-bond acceptors (Lipinski definition) is 4. The number of rotatable bonds is 7. The smallest absolute Gasteiger partial charge is 0.326 e. The summed E-state index contributed by atoms with van der Waals surface area (Å²) < 4.78 is 6.10. The first-order valence-corrected chi connectivity index (χ1v) is 11.3. The van der Waals surface area contributed by atoms with Gasteiger partial charge in [0.1, 0.15) is 6.54 Å². The molecule has 1 N–H and O–H groups in total. The third-order valence-electron chi connectivity index (χ3n) is 5.45. The maximum Gasteiger partial charge on any atom is 0.326 e. The van der Waals surface area contributed by atoms with E-state index in [9.17, 15) is 14.4 Å². The van der Waals surface area contributed by atoms with Crippen molar-refractivity contribution in [1.29, 1.82) is 0 Å². The summed E-state index contributed by atoms with van der Waals surface area (Å²) in [4.78, 5) is 38.6. The van der Waals surface area contributed by atoms with Crippen LogP contribution in [0.2, 0.25) is 0 Å². The monoisotopic (exact) mass is 486 g/mol. The number of likely N-dealkylation sites (tertiary alicyclic amines) is 1. The summed E-state index contributed by atoms with van der Waals surface area (Å²) in [6.07, 6.45) is 2.02. The minimum absolute atomic E-state index is 0.189. The molecule has 0 spiro atoms. The van der Waals surface area contributed by atoms with E-state index in [1.807, 2.05) is 18.2 Å². The van der Waals surface area contributed by atoms with Gasteiger partial charge in [-0.3, -0.25) is 14.4 Å². The average molecular weight is 487 g/mol. The molecule has 0 bridgehead atoms. The highest BCUT2D eigenvalue weighted by atomic mass is 79.9. The molecule has 6 nitrogen and oxygen atoms in total. The summed E-state index contributed by atoms with van der Waals surface area (Å²) in [5, 5.41) is 2.52. The molecule has 2 aromatic rings. The van der Waals surface area contributed by atoms with Gasteiger partial charge in [-0.1, -0.05) is 46.3 Å². The number of ether oxygens (including phenoxy) is 1. The summed E-state index contributed by atoms with van der Waals surface area (Å²) in [6, 6.07) is 17.2. The van der Waals surface area contributed by atoms with Gasteiger partial charge >= 0.3 is 5.97 Å². The summed E-state index contributed by atoms with van der Waals surface area (Å²) in [7, 11) is 0. The molecule has 1 unspecified atom stereocenters. The Hall–Kier alpha value is -2.67. The standard InChI is InChI=1S/C24H27BrN2O4/c1-17(31-22(28)16-26-23(29)20-7-9-21(25)10-8-20)24(30)27-13-11-19(12-14-27)15-18-5-3-2-4-6-18/h2-10,17,19H,11-16H2,1H3,(H,26,29). The molecule has 3 rings (SSSR count). The number of piperidine rings is 1. The van der Waals surface area contributed by atoms with Gasteiger partial charge in [0, 0.05) is 23.1 Å². The van der Waals surface area contributed by atoms with E-state index in [1.54, 1.807) is 36.1 Å². The van der Waals surface area contributed by atoms with Crippen molar-refractivity contribution in [2.45, 2.75) is 32.3 Å². The highest BCUT2D eigenvalue weighted by molar-refractivity contribution is 9.10. The van der Waals surface area contributed by atoms with E-state index in [4.69, 9.17) is 4.74 Å². The van der Waals surface area contributed by atoms with Crippen molar-refractivity contribution >= 4 is 33.7 Å². The highest BCUT2D eigenvalue weighted by Gasteiger charge is 2.28. The molecule has 1 aliphatic heterocycles. The van der Waals surface area contributed by atoms with Crippen LogP contribution >= 0.6 is 15.9 Å². The molecular weight excluding hydrogens is 460 g/mol. The van der Waals surface area contributed by atoms with Gasteiger partial charge in [-0.05, 0) is 61.9 Å². The number of hydrogen-bond donors (Lipinski definition) is 1. The van der Waals surface area contributed by atoms with Crippen molar-refractivity contribution in [3.05, 3.63) is 70.2 Å². The lowest BCUT2D eigenvalue weighted by molar-refractivity contribution is -0.158. The minimum atomic E-state index is -0.872. The van der Waals surface area contributed by atoms with Crippen LogP contribution in [0.4, 0.5) is 0 Å². The second-order valence-corrected chi connectivity index (χ2v) is 8.70. The normalized spacial score (nSPS) is 15.2. The van der Waals surface area contributed by atoms with Gasteiger partial charge in [-0.15, -0.1) is 0 Å². The second kappa shape index (κ2) is 11.1. The van der Waals surface area contributed by atoms with Crippen LogP contribution in [0.15, 0.2) is 59.1 Å². The molecule has 0 aliphatic carbocycles. The SMILES string of the molecule is CC(OC(=O)CNC(=O)c1ccc(Br)cc1)C(=O)N1CCC(Cc2ccccc2)CC1. The van der Waals surface area contributed by atoms with Crippen LogP contribution in [-0.4, -0.2) is 48.4 Å². The Morgan fingerprint density at radius 1 is 1.06 bits per heavy atom. The predicted octanol–water partition coefficient (Wildman–Crippen LogP) is 3.59. The van der Waals surface area contributed by atoms with E-state index >= 15 is 0 Å². The van der Waals surface area contributed by atoms with Gasteiger partial charge in [0.2, 0.25) is 0 Å². The van der Waals surface area contributed by atoms with Gasteiger partial charge in [0.15, 0.2) is 6.10 Å². The molecule has 0 saturated carbocycles. The van der Waals surface area contributed by atoms with E-state index in [2.05, 4.69) is 33.4 Å².